The van der Waals surface area contributed by atoms with Crippen LogP contribution in [-0.2, 0) is 22.4 Å². The van der Waals surface area contributed by atoms with E-state index in [0.717, 1.165) is 30.1 Å². The van der Waals surface area contributed by atoms with E-state index in [4.69, 9.17) is 4.42 Å². The number of aromatic nitrogens is 2. The van der Waals surface area contributed by atoms with Crippen molar-refractivity contribution in [1.82, 2.24) is 15.1 Å². The number of thiophene rings is 1. The van der Waals surface area contributed by atoms with E-state index in [0.29, 0.717) is 24.1 Å². The van der Waals surface area contributed by atoms with Crippen molar-refractivity contribution in [3.63, 3.8) is 0 Å². The topological polar surface area (TPSA) is 76.3 Å². The first kappa shape index (κ1) is 16.8. The van der Waals surface area contributed by atoms with Gasteiger partial charge in [-0.15, -0.1) is 21.5 Å². The van der Waals surface area contributed by atoms with Crippen molar-refractivity contribution in [3.05, 3.63) is 16.5 Å². The SMILES string of the molecule is C[C@H]1CCc2sc(-c3nnc(SCC(=O)N4CCCC4=O)o3)cc2C1. The number of fused-ring (bicyclic) bond motifs is 1. The second-order valence-corrected chi connectivity index (χ2v) is 8.67. The molecule has 1 aliphatic carbocycles. The van der Waals surface area contributed by atoms with E-state index in [1.54, 1.807) is 11.3 Å². The molecule has 0 radical (unpaired) electrons. The Kier molecular flexibility index (Phi) is 4.64. The summed E-state index contributed by atoms with van der Waals surface area (Å²) in [4.78, 5) is 27.4. The lowest BCUT2D eigenvalue weighted by molar-refractivity contribution is -0.140. The Balaban J connectivity index is 1.41. The zero-order chi connectivity index (χ0) is 17.4. The van der Waals surface area contributed by atoms with Crippen molar-refractivity contribution in [2.24, 2.45) is 5.92 Å². The Hall–Kier alpha value is -1.67. The van der Waals surface area contributed by atoms with Crippen LogP contribution in [0.5, 0.6) is 0 Å². The maximum Gasteiger partial charge on any atom is 0.277 e. The van der Waals surface area contributed by atoms with Crippen molar-refractivity contribution in [1.29, 1.82) is 0 Å². The highest BCUT2D eigenvalue weighted by molar-refractivity contribution is 7.99. The van der Waals surface area contributed by atoms with E-state index in [1.807, 2.05) is 0 Å². The van der Waals surface area contributed by atoms with Crippen LogP contribution in [0.1, 0.15) is 36.6 Å². The average Bonchev–Trinajstić information content (AvgIpc) is 3.30. The van der Waals surface area contributed by atoms with Crippen molar-refractivity contribution in [2.75, 3.05) is 12.3 Å². The fourth-order valence-electron chi connectivity index (χ4n) is 3.29. The summed E-state index contributed by atoms with van der Waals surface area (Å²) in [7, 11) is 0. The van der Waals surface area contributed by atoms with Crippen LogP contribution in [0.25, 0.3) is 10.8 Å². The summed E-state index contributed by atoms with van der Waals surface area (Å²) in [5.74, 6) is 1.11. The molecule has 0 aromatic carbocycles. The molecule has 4 rings (SSSR count). The van der Waals surface area contributed by atoms with Gasteiger partial charge in [0.15, 0.2) is 0 Å². The Labute approximate surface area is 154 Å². The van der Waals surface area contributed by atoms with E-state index in [2.05, 4.69) is 23.2 Å². The van der Waals surface area contributed by atoms with Gasteiger partial charge in [0, 0.05) is 17.8 Å². The Bertz CT molecular complexity index is 814. The van der Waals surface area contributed by atoms with E-state index in [1.165, 1.54) is 33.5 Å². The van der Waals surface area contributed by atoms with Gasteiger partial charge < -0.3 is 4.42 Å². The molecule has 0 saturated carbocycles. The normalized spacial score (nSPS) is 20.1. The Morgan fingerprint density at radius 3 is 3.12 bits per heavy atom. The van der Waals surface area contributed by atoms with Crippen LogP contribution in [-0.4, -0.2) is 39.2 Å². The summed E-state index contributed by atoms with van der Waals surface area (Å²) >= 11 is 2.91. The van der Waals surface area contributed by atoms with Crippen molar-refractivity contribution < 1.29 is 14.0 Å². The number of nitrogens with zero attached hydrogens (tertiary/aromatic N) is 3. The molecular formula is C17H19N3O3S2. The van der Waals surface area contributed by atoms with Gasteiger partial charge in [-0.3, -0.25) is 14.5 Å². The number of amides is 2. The van der Waals surface area contributed by atoms with Gasteiger partial charge in [-0.25, -0.2) is 0 Å². The highest BCUT2D eigenvalue weighted by Crippen LogP contribution is 2.37. The Morgan fingerprint density at radius 2 is 2.32 bits per heavy atom. The van der Waals surface area contributed by atoms with Crippen LogP contribution in [0.2, 0.25) is 0 Å². The predicted molar refractivity (Wildman–Crippen MR) is 95.5 cm³/mol. The van der Waals surface area contributed by atoms with Crippen LogP contribution in [0.4, 0.5) is 0 Å². The molecular weight excluding hydrogens is 358 g/mol. The van der Waals surface area contributed by atoms with Crippen LogP contribution < -0.4 is 0 Å². The molecule has 1 aliphatic heterocycles. The molecule has 8 heteroatoms. The number of hydrogen-bond acceptors (Lipinski definition) is 7. The molecule has 6 nitrogen and oxygen atoms in total. The predicted octanol–water partition coefficient (Wildman–Crippen LogP) is 3.16. The molecule has 1 fully saturated rings. The molecule has 0 bridgehead atoms. The monoisotopic (exact) mass is 377 g/mol. The van der Waals surface area contributed by atoms with Crippen LogP contribution in [0, 0.1) is 5.92 Å². The molecule has 0 N–H and O–H groups in total. The summed E-state index contributed by atoms with van der Waals surface area (Å²) in [5, 5.41) is 8.52. The van der Waals surface area contributed by atoms with Gasteiger partial charge in [0.2, 0.25) is 11.8 Å². The fraction of sp³-hybridized carbons (Fsp3) is 0.529. The number of rotatable bonds is 4. The summed E-state index contributed by atoms with van der Waals surface area (Å²) in [6, 6.07) is 2.16. The summed E-state index contributed by atoms with van der Waals surface area (Å²) in [6.45, 7) is 2.80. The van der Waals surface area contributed by atoms with E-state index in [9.17, 15) is 9.59 Å². The Morgan fingerprint density at radius 1 is 1.44 bits per heavy atom. The largest absolute Gasteiger partial charge is 0.410 e. The highest BCUT2D eigenvalue weighted by Gasteiger charge is 2.27. The van der Waals surface area contributed by atoms with Crippen LogP contribution >= 0.6 is 23.1 Å². The van der Waals surface area contributed by atoms with Gasteiger partial charge in [0.1, 0.15) is 0 Å². The molecule has 2 amide bonds. The smallest absolute Gasteiger partial charge is 0.277 e. The summed E-state index contributed by atoms with van der Waals surface area (Å²) in [6.07, 6.45) is 4.68. The van der Waals surface area contributed by atoms with Gasteiger partial charge in [-0.1, -0.05) is 18.7 Å². The molecule has 1 atom stereocenters. The summed E-state index contributed by atoms with van der Waals surface area (Å²) < 4.78 is 5.71. The zero-order valence-electron chi connectivity index (χ0n) is 14.0. The van der Waals surface area contributed by atoms with Gasteiger partial charge in [-0.05, 0) is 43.2 Å². The first-order valence-electron chi connectivity index (χ1n) is 8.51. The van der Waals surface area contributed by atoms with Gasteiger partial charge in [0.25, 0.3) is 11.1 Å². The molecule has 0 unspecified atom stereocenters. The third kappa shape index (κ3) is 3.50. The molecule has 2 aromatic heterocycles. The molecule has 25 heavy (non-hydrogen) atoms. The van der Waals surface area contributed by atoms with E-state index < -0.39 is 0 Å². The second-order valence-electron chi connectivity index (χ2n) is 6.61. The number of likely N-dealkylation sites (tertiary alicyclic amines) is 1. The van der Waals surface area contributed by atoms with Crippen molar-refractivity contribution in [2.45, 2.75) is 44.3 Å². The second kappa shape index (κ2) is 6.92. The number of thioether (sulfide) groups is 1. The number of hydrogen-bond donors (Lipinski definition) is 0. The lowest BCUT2D eigenvalue weighted by atomic mass is 9.90. The molecule has 1 saturated heterocycles. The quantitative estimate of drug-likeness (QED) is 0.762. The lowest BCUT2D eigenvalue weighted by Crippen LogP contribution is -2.33. The standard InChI is InChI=1S/C17H19N3O3S2/c1-10-4-5-12-11(7-10)8-13(25-12)16-18-19-17(23-16)24-9-15(22)20-6-2-3-14(20)21/h8,10H,2-7,9H2,1H3/t10-/m0/s1. The average molecular weight is 377 g/mol. The molecule has 132 valence electrons. The molecule has 3 heterocycles. The van der Waals surface area contributed by atoms with Gasteiger partial charge in [0.05, 0.1) is 10.6 Å². The number of carbonyl (C=O) groups excluding carboxylic acids is 2. The van der Waals surface area contributed by atoms with Crippen LogP contribution in [0.15, 0.2) is 15.7 Å². The minimum absolute atomic E-state index is 0.0878. The minimum Gasteiger partial charge on any atom is -0.410 e. The number of aryl methyl sites for hydroxylation is 1. The number of imide groups is 1. The summed E-state index contributed by atoms with van der Waals surface area (Å²) in [5.41, 5.74) is 1.40. The molecule has 2 aromatic rings. The third-order valence-electron chi connectivity index (χ3n) is 4.64. The van der Waals surface area contributed by atoms with Crippen molar-refractivity contribution in [3.8, 4) is 10.8 Å². The van der Waals surface area contributed by atoms with Gasteiger partial charge >= 0.3 is 0 Å². The van der Waals surface area contributed by atoms with E-state index >= 15 is 0 Å². The maximum absolute atomic E-state index is 12.1. The van der Waals surface area contributed by atoms with Crippen molar-refractivity contribution >= 4 is 34.9 Å². The molecule has 0 spiro atoms. The zero-order valence-corrected chi connectivity index (χ0v) is 15.6. The maximum atomic E-state index is 12.1. The third-order valence-corrected chi connectivity index (χ3v) is 6.67. The minimum atomic E-state index is -0.187. The first-order chi connectivity index (χ1) is 12.1. The highest BCUT2D eigenvalue weighted by atomic mass is 32.2. The first-order valence-corrected chi connectivity index (χ1v) is 10.3. The van der Waals surface area contributed by atoms with Gasteiger partial charge in [-0.2, -0.15) is 0 Å². The lowest BCUT2D eigenvalue weighted by Gasteiger charge is -2.16. The number of carbonyl (C=O) groups is 2. The van der Waals surface area contributed by atoms with Crippen LogP contribution in [0.3, 0.4) is 0 Å². The van der Waals surface area contributed by atoms with E-state index in [-0.39, 0.29) is 17.6 Å². The molecule has 2 aliphatic rings. The fourth-order valence-corrected chi connectivity index (χ4v) is 5.06.